The highest BCUT2D eigenvalue weighted by Gasteiger charge is 2.19. The lowest BCUT2D eigenvalue weighted by Gasteiger charge is -2.27. The fourth-order valence-electron chi connectivity index (χ4n) is 3.06. The summed E-state index contributed by atoms with van der Waals surface area (Å²) < 4.78 is 18.6. The highest BCUT2D eigenvalue weighted by Crippen LogP contribution is 2.22. The molecule has 0 aromatic heterocycles. The Bertz CT molecular complexity index is 739. The minimum Gasteiger partial charge on any atom is -0.494 e. The predicted molar refractivity (Wildman–Crippen MR) is 97.8 cm³/mol. The van der Waals surface area contributed by atoms with Gasteiger partial charge in [0.25, 0.3) is 0 Å². The standard InChI is InChI=1S/C19H21FN2O2.ClH/c1-24-18-7-6-13(10-16(18)20)11-19(23)22-12-17-15-5-3-2-4-14(15)8-9-21-17;/h2-7,10,17,21H,8-9,11-12H2,1H3,(H,22,23);1H. The number of hydrogen-bond acceptors (Lipinski definition) is 3. The molecule has 0 bridgehead atoms. The van der Waals surface area contributed by atoms with E-state index in [0.717, 1.165) is 13.0 Å². The Balaban J connectivity index is 0.00000225. The monoisotopic (exact) mass is 364 g/mol. The van der Waals surface area contributed by atoms with E-state index in [-0.39, 0.29) is 36.5 Å². The van der Waals surface area contributed by atoms with Crippen molar-refractivity contribution >= 4 is 18.3 Å². The molecular weight excluding hydrogens is 343 g/mol. The molecule has 2 N–H and O–H groups in total. The van der Waals surface area contributed by atoms with Gasteiger partial charge < -0.3 is 15.4 Å². The molecule has 3 rings (SSSR count). The minimum absolute atomic E-state index is 0. The van der Waals surface area contributed by atoms with Gasteiger partial charge >= 0.3 is 0 Å². The molecule has 1 unspecified atom stereocenters. The Kier molecular flexibility index (Phi) is 6.79. The number of carbonyl (C=O) groups is 1. The van der Waals surface area contributed by atoms with Crippen molar-refractivity contribution in [2.45, 2.75) is 18.9 Å². The average Bonchev–Trinajstić information content (AvgIpc) is 2.60. The molecule has 0 spiro atoms. The topological polar surface area (TPSA) is 50.4 Å². The Hall–Kier alpha value is -2.11. The molecule has 2 aromatic rings. The first-order valence-corrected chi connectivity index (χ1v) is 8.07. The summed E-state index contributed by atoms with van der Waals surface area (Å²) in [5.74, 6) is -0.391. The highest BCUT2D eigenvalue weighted by atomic mass is 35.5. The summed E-state index contributed by atoms with van der Waals surface area (Å²) in [5.41, 5.74) is 3.19. The van der Waals surface area contributed by atoms with Gasteiger partial charge in [-0.05, 0) is 41.8 Å². The molecule has 0 radical (unpaired) electrons. The maximum atomic E-state index is 13.7. The van der Waals surface area contributed by atoms with Crippen LogP contribution in [0, 0.1) is 5.82 Å². The molecule has 6 heteroatoms. The zero-order chi connectivity index (χ0) is 16.9. The number of amides is 1. The SMILES string of the molecule is COc1ccc(CC(=O)NCC2NCCc3ccccc32)cc1F.Cl. The van der Waals surface area contributed by atoms with Crippen LogP contribution in [0.2, 0.25) is 0 Å². The Labute approximate surface area is 153 Å². The molecule has 1 heterocycles. The van der Waals surface area contributed by atoms with Gasteiger partial charge in [0, 0.05) is 12.6 Å². The van der Waals surface area contributed by atoms with Crippen molar-refractivity contribution in [1.82, 2.24) is 10.6 Å². The van der Waals surface area contributed by atoms with Gasteiger partial charge in [0.2, 0.25) is 5.91 Å². The largest absolute Gasteiger partial charge is 0.494 e. The van der Waals surface area contributed by atoms with E-state index < -0.39 is 5.82 Å². The number of benzene rings is 2. The number of carbonyl (C=O) groups excluding carboxylic acids is 1. The van der Waals surface area contributed by atoms with Crippen LogP contribution in [0.4, 0.5) is 4.39 Å². The van der Waals surface area contributed by atoms with Crippen molar-refractivity contribution in [3.8, 4) is 5.75 Å². The van der Waals surface area contributed by atoms with Crippen molar-refractivity contribution in [3.63, 3.8) is 0 Å². The third kappa shape index (κ3) is 4.71. The molecule has 2 aromatic carbocycles. The van der Waals surface area contributed by atoms with Crippen molar-refractivity contribution in [1.29, 1.82) is 0 Å². The van der Waals surface area contributed by atoms with Crippen LogP contribution in [0.1, 0.15) is 22.7 Å². The Morgan fingerprint density at radius 1 is 1.32 bits per heavy atom. The van der Waals surface area contributed by atoms with Crippen molar-refractivity contribution in [3.05, 3.63) is 65.0 Å². The number of fused-ring (bicyclic) bond motifs is 1. The van der Waals surface area contributed by atoms with Crippen molar-refractivity contribution < 1.29 is 13.9 Å². The highest BCUT2D eigenvalue weighted by molar-refractivity contribution is 5.85. The summed E-state index contributed by atoms with van der Waals surface area (Å²) in [6.45, 7) is 1.43. The van der Waals surface area contributed by atoms with Crippen LogP contribution in [-0.4, -0.2) is 26.1 Å². The van der Waals surface area contributed by atoms with Crippen LogP contribution >= 0.6 is 12.4 Å². The summed E-state index contributed by atoms with van der Waals surface area (Å²) in [4.78, 5) is 12.1. The fourth-order valence-corrected chi connectivity index (χ4v) is 3.06. The van der Waals surface area contributed by atoms with E-state index in [2.05, 4.69) is 22.8 Å². The maximum absolute atomic E-state index is 13.7. The molecule has 0 aliphatic carbocycles. The summed E-state index contributed by atoms with van der Waals surface area (Å²) >= 11 is 0. The molecule has 0 fully saturated rings. The molecule has 1 atom stereocenters. The van der Waals surface area contributed by atoms with Gasteiger partial charge in [-0.3, -0.25) is 4.79 Å². The number of hydrogen-bond donors (Lipinski definition) is 2. The van der Waals surface area contributed by atoms with Gasteiger partial charge in [-0.25, -0.2) is 4.39 Å². The fraction of sp³-hybridized carbons (Fsp3) is 0.316. The normalized spacial score (nSPS) is 15.7. The summed E-state index contributed by atoms with van der Waals surface area (Å²) in [6.07, 6.45) is 1.15. The lowest BCUT2D eigenvalue weighted by molar-refractivity contribution is -0.120. The van der Waals surface area contributed by atoms with Gasteiger partial charge in [-0.15, -0.1) is 12.4 Å². The molecule has 1 amide bonds. The average molecular weight is 365 g/mol. The number of ether oxygens (including phenoxy) is 1. The van der Waals surface area contributed by atoms with Crippen LogP contribution in [0.5, 0.6) is 5.75 Å². The quantitative estimate of drug-likeness (QED) is 0.857. The smallest absolute Gasteiger partial charge is 0.224 e. The molecule has 1 aliphatic heterocycles. The van der Waals surface area contributed by atoms with Crippen LogP contribution < -0.4 is 15.4 Å². The van der Waals surface area contributed by atoms with E-state index in [4.69, 9.17) is 4.74 Å². The lowest BCUT2D eigenvalue weighted by Crippen LogP contribution is -2.39. The first-order chi connectivity index (χ1) is 11.7. The first kappa shape index (κ1) is 19.2. The van der Waals surface area contributed by atoms with Crippen LogP contribution in [0.15, 0.2) is 42.5 Å². The first-order valence-electron chi connectivity index (χ1n) is 8.07. The second-order valence-corrected chi connectivity index (χ2v) is 5.91. The van der Waals surface area contributed by atoms with Gasteiger partial charge in [0.05, 0.1) is 13.5 Å². The molecule has 25 heavy (non-hydrogen) atoms. The van der Waals surface area contributed by atoms with Crippen molar-refractivity contribution in [2.75, 3.05) is 20.2 Å². The van der Waals surface area contributed by atoms with Crippen LogP contribution in [0.3, 0.4) is 0 Å². The van der Waals surface area contributed by atoms with Gasteiger partial charge in [-0.2, -0.15) is 0 Å². The van der Waals surface area contributed by atoms with E-state index in [0.29, 0.717) is 12.1 Å². The van der Waals surface area contributed by atoms with Crippen LogP contribution in [0.25, 0.3) is 0 Å². The second-order valence-electron chi connectivity index (χ2n) is 5.91. The molecule has 1 aliphatic rings. The number of rotatable bonds is 5. The van der Waals surface area contributed by atoms with Crippen molar-refractivity contribution in [2.24, 2.45) is 0 Å². The molecular formula is C19H22ClFN2O2. The Morgan fingerprint density at radius 2 is 2.12 bits per heavy atom. The molecule has 0 saturated carbocycles. The van der Waals surface area contributed by atoms with Gasteiger partial charge in [0.15, 0.2) is 11.6 Å². The lowest BCUT2D eigenvalue weighted by atomic mass is 9.94. The van der Waals surface area contributed by atoms with Crippen LogP contribution in [-0.2, 0) is 17.6 Å². The summed E-state index contributed by atoms with van der Waals surface area (Å²) in [5, 5.41) is 6.36. The van der Waals surface area contributed by atoms with E-state index in [1.165, 1.54) is 30.4 Å². The van der Waals surface area contributed by atoms with E-state index in [1.54, 1.807) is 6.07 Å². The zero-order valence-corrected chi connectivity index (χ0v) is 14.9. The van der Waals surface area contributed by atoms with E-state index in [9.17, 15) is 9.18 Å². The summed E-state index contributed by atoms with van der Waals surface area (Å²) in [6, 6.07) is 13.0. The number of halogens is 2. The number of nitrogens with one attached hydrogen (secondary N) is 2. The minimum atomic E-state index is -0.453. The zero-order valence-electron chi connectivity index (χ0n) is 14.0. The Morgan fingerprint density at radius 3 is 2.88 bits per heavy atom. The number of methoxy groups -OCH3 is 1. The van der Waals surface area contributed by atoms with Gasteiger partial charge in [-0.1, -0.05) is 30.3 Å². The van der Waals surface area contributed by atoms with Gasteiger partial charge in [0.1, 0.15) is 0 Å². The predicted octanol–water partition coefficient (Wildman–Crippen LogP) is 2.80. The van der Waals surface area contributed by atoms with E-state index >= 15 is 0 Å². The molecule has 4 nitrogen and oxygen atoms in total. The third-order valence-electron chi connectivity index (χ3n) is 4.30. The van der Waals surface area contributed by atoms with E-state index in [1.807, 2.05) is 12.1 Å². The molecule has 0 saturated heterocycles. The third-order valence-corrected chi connectivity index (χ3v) is 4.30. The maximum Gasteiger partial charge on any atom is 0.224 e. The second kappa shape index (κ2) is 8.83. The summed E-state index contributed by atoms with van der Waals surface area (Å²) in [7, 11) is 1.42. The molecule has 134 valence electrons.